The fourth-order valence-electron chi connectivity index (χ4n) is 4.53. The third-order valence-electron chi connectivity index (χ3n) is 5.66. The van der Waals surface area contributed by atoms with E-state index >= 15 is 0 Å². The van der Waals surface area contributed by atoms with Gasteiger partial charge in [0.15, 0.2) is 0 Å². The maximum atomic E-state index is 13.1. The summed E-state index contributed by atoms with van der Waals surface area (Å²) in [6.45, 7) is 5.92. The average molecular weight is 435 g/mol. The van der Waals surface area contributed by atoms with Crippen molar-refractivity contribution in [3.63, 3.8) is 0 Å². The molecule has 2 atom stereocenters. The number of hydrogen-bond donors (Lipinski definition) is 1. The van der Waals surface area contributed by atoms with Crippen molar-refractivity contribution in [1.29, 1.82) is 0 Å². The molecule has 1 aliphatic carbocycles. The second-order valence-electron chi connectivity index (χ2n) is 8.99. The Kier molecular flexibility index (Phi) is 6.29. The second kappa shape index (κ2) is 8.34. The van der Waals surface area contributed by atoms with Crippen LogP contribution < -0.4 is 10.2 Å². The van der Waals surface area contributed by atoms with Crippen molar-refractivity contribution in [3.05, 3.63) is 29.8 Å². The number of carbonyl (C=O) groups excluding carboxylic acids is 2. The first kappa shape index (κ1) is 20.4. The predicted molar refractivity (Wildman–Crippen MR) is 113 cm³/mol. The van der Waals surface area contributed by atoms with Crippen molar-refractivity contribution in [2.75, 3.05) is 11.4 Å². The highest BCUT2D eigenvalue weighted by Gasteiger charge is 2.38. The Morgan fingerprint density at radius 1 is 1.19 bits per heavy atom. The van der Waals surface area contributed by atoms with Crippen LogP contribution in [0.15, 0.2) is 24.3 Å². The van der Waals surface area contributed by atoms with E-state index in [-0.39, 0.29) is 28.7 Å². The van der Waals surface area contributed by atoms with Crippen molar-refractivity contribution in [2.45, 2.75) is 75.6 Å². The largest absolute Gasteiger partial charge is 0.350 e. The zero-order chi connectivity index (χ0) is 19.6. The molecule has 0 spiro atoms. The molecule has 148 valence electrons. The summed E-state index contributed by atoms with van der Waals surface area (Å²) < 4.78 is 0. The van der Waals surface area contributed by atoms with E-state index in [9.17, 15) is 9.59 Å². The quantitative estimate of drug-likeness (QED) is 0.696. The lowest BCUT2D eigenvalue weighted by Crippen LogP contribution is -2.48. The van der Waals surface area contributed by atoms with Gasteiger partial charge < -0.3 is 10.2 Å². The molecular weight excluding hydrogens is 404 g/mol. The standard InChI is InChI=1S/C22H31BrN2O2/c1-22(2,3)24-20(26)14-25-19-12-8-7-11-16(19)17(13-18(23)21(25)27)15-9-5-4-6-10-15/h7-8,11-12,15,17-18H,4-6,9-10,13-14H2,1-3H3,(H,24,26). The minimum atomic E-state index is -0.316. The molecule has 1 aromatic rings. The molecule has 1 saturated carbocycles. The number of alkyl halides is 1. The molecule has 3 rings (SSSR count). The molecule has 0 aromatic heterocycles. The number of anilines is 1. The van der Waals surface area contributed by atoms with Crippen LogP contribution in [0.1, 0.15) is 70.8 Å². The first-order valence-electron chi connectivity index (χ1n) is 10.1. The van der Waals surface area contributed by atoms with Crippen LogP contribution >= 0.6 is 15.9 Å². The van der Waals surface area contributed by atoms with E-state index in [2.05, 4.69) is 33.4 Å². The van der Waals surface area contributed by atoms with Gasteiger partial charge in [-0.05, 0) is 63.5 Å². The van der Waals surface area contributed by atoms with E-state index < -0.39 is 0 Å². The minimum Gasteiger partial charge on any atom is -0.350 e. The zero-order valence-electron chi connectivity index (χ0n) is 16.6. The molecule has 0 radical (unpaired) electrons. The van der Waals surface area contributed by atoms with Gasteiger partial charge in [-0.2, -0.15) is 0 Å². The predicted octanol–water partition coefficient (Wildman–Crippen LogP) is 4.77. The number of carbonyl (C=O) groups is 2. The van der Waals surface area contributed by atoms with Gasteiger partial charge in [0.2, 0.25) is 11.8 Å². The Hall–Kier alpha value is -1.36. The molecule has 2 amide bonds. The highest BCUT2D eigenvalue weighted by molar-refractivity contribution is 9.10. The average Bonchev–Trinajstić information content (AvgIpc) is 2.72. The van der Waals surface area contributed by atoms with Gasteiger partial charge >= 0.3 is 0 Å². The molecular formula is C22H31BrN2O2. The lowest BCUT2D eigenvalue weighted by Gasteiger charge is -2.31. The lowest BCUT2D eigenvalue weighted by atomic mass is 9.75. The molecule has 4 nitrogen and oxygen atoms in total. The summed E-state index contributed by atoms with van der Waals surface area (Å²) >= 11 is 3.64. The highest BCUT2D eigenvalue weighted by atomic mass is 79.9. The summed E-state index contributed by atoms with van der Waals surface area (Å²) in [5, 5.41) is 2.98. The highest BCUT2D eigenvalue weighted by Crippen LogP contribution is 2.45. The molecule has 5 heteroatoms. The topological polar surface area (TPSA) is 49.4 Å². The van der Waals surface area contributed by atoms with Gasteiger partial charge in [-0.25, -0.2) is 0 Å². The van der Waals surface area contributed by atoms with E-state index in [1.165, 1.54) is 37.7 Å². The molecule has 1 aliphatic heterocycles. The minimum absolute atomic E-state index is 0.00943. The number of halogens is 1. The van der Waals surface area contributed by atoms with Crippen LogP contribution in [-0.4, -0.2) is 28.7 Å². The fourth-order valence-corrected chi connectivity index (χ4v) is 5.18. The molecule has 2 aliphatic rings. The summed E-state index contributed by atoms with van der Waals surface area (Å²) in [7, 11) is 0. The number of benzene rings is 1. The Balaban J connectivity index is 1.92. The number of para-hydroxylation sites is 1. The number of amides is 2. The normalized spacial score (nSPS) is 24.3. The molecule has 0 bridgehead atoms. The van der Waals surface area contributed by atoms with Crippen molar-refractivity contribution in [1.82, 2.24) is 5.32 Å². The monoisotopic (exact) mass is 434 g/mol. The van der Waals surface area contributed by atoms with Crippen LogP contribution in [0.3, 0.4) is 0 Å². The Morgan fingerprint density at radius 2 is 1.85 bits per heavy atom. The van der Waals surface area contributed by atoms with Crippen molar-refractivity contribution in [2.24, 2.45) is 5.92 Å². The van der Waals surface area contributed by atoms with Crippen LogP contribution in [0.4, 0.5) is 5.69 Å². The number of nitrogens with one attached hydrogen (secondary N) is 1. The van der Waals surface area contributed by atoms with Gasteiger partial charge in [-0.15, -0.1) is 0 Å². The summed E-state index contributed by atoms with van der Waals surface area (Å²) in [4.78, 5) is 27.1. The third kappa shape index (κ3) is 4.92. The Morgan fingerprint density at radius 3 is 2.52 bits per heavy atom. The number of fused-ring (bicyclic) bond motifs is 1. The number of rotatable bonds is 3. The maximum absolute atomic E-state index is 13.1. The van der Waals surface area contributed by atoms with Crippen LogP contribution in [0.25, 0.3) is 0 Å². The maximum Gasteiger partial charge on any atom is 0.241 e. The van der Waals surface area contributed by atoms with Crippen LogP contribution in [-0.2, 0) is 9.59 Å². The van der Waals surface area contributed by atoms with E-state index in [0.29, 0.717) is 11.8 Å². The second-order valence-corrected chi connectivity index (χ2v) is 10.1. The van der Waals surface area contributed by atoms with Gasteiger partial charge in [-0.1, -0.05) is 53.4 Å². The molecule has 27 heavy (non-hydrogen) atoms. The summed E-state index contributed by atoms with van der Waals surface area (Å²) in [6, 6.07) is 8.18. The van der Waals surface area contributed by atoms with E-state index in [1.807, 2.05) is 32.9 Å². The molecule has 1 fully saturated rings. The van der Waals surface area contributed by atoms with Gasteiger partial charge in [0.05, 0.1) is 4.83 Å². The van der Waals surface area contributed by atoms with Crippen LogP contribution in [0, 0.1) is 5.92 Å². The van der Waals surface area contributed by atoms with Gasteiger partial charge in [0.25, 0.3) is 0 Å². The van der Waals surface area contributed by atoms with E-state index in [0.717, 1.165) is 12.1 Å². The molecule has 1 N–H and O–H groups in total. The van der Waals surface area contributed by atoms with Crippen molar-refractivity contribution >= 4 is 33.4 Å². The van der Waals surface area contributed by atoms with Crippen LogP contribution in [0.5, 0.6) is 0 Å². The van der Waals surface area contributed by atoms with Crippen LogP contribution in [0.2, 0.25) is 0 Å². The van der Waals surface area contributed by atoms with Crippen molar-refractivity contribution < 1.29 is 9.59 Å². The summed E-state index contributed by atoms with van der Waals surface area (Å²) in [5.74, 6) is 0.855. The Labute approximate surface area is 171 Å². The lowest BCUT2D eigenvalue weighted by molar-refractivity contribution is -0.124. The van der Waals surface area contributed by atoms with Gasteiger partial charge in [-0.3, -0.25) is 9.59 Å². The zero-order valence-corrected chi connectivity index (χ0v) is 18.2. The first-order valence-corrected chi connectivity index (χ1v) is 11.0. The van der Waals surface area contributed by atoms with Gasteiger partial charge in [0, 0.05) is 11.2 Å². The number of hydrogen-bond acceptors (Lipinski definition) is 2. The van der Waals surface area contributed by atoms with Gasteiger partial charge in [0.1, 0.15) is 6.54 Å². The smallest absolute Gasteiger partial charge is 0.241 e. The molecule has 1 heterocycles. The van der Waals surface area contributed by atoms with E-state index in [4.69, 9.17) is 0 Å². The Bertz CT molecular complexity index is 692. The SMILES string of the molecule is CC(C)(C)NC(=O)CN1C(=O)C(Br)CC(C2CCCCC2)c2ccccc21. The van der Waals surface area contributed by atoms with E-state index in [1.54, 1.807) is 4.90 Å². The van der Waals surface area contributed by atoms with Crippen molar-refractivity contribution in [3.8, 4) is 0 Å². The molecule has 2 unspecified atom stereocenters. The fraction of sp³-hybridized carbons (Fsp3) is 0.636. The summed E-state index contributed by atoms with van der Waals surface area (Å²) in [5.41, 5.74) is 1.82. The third-order valence-corrected chi connectivity index (χ3v) is 6.42. The molecule has 0 saturated heterocycles. The molecule has 1 aromatic carbocycles. The number of nitrogens with zero attached hydrogens (tertiary/aromatic N) is 1. The first-order chi connectivity index (χ1) is 12.8. The summed E-state index contributed by atoms with van der Waals surface area (Å²) in [6.07, 6.45) is 7.15.